The molecular formula is C52H42N2O2. The number of benzene rings is 8. The van der Waals surface area contributed by atoms with Crippen LogP contribution in [0.3, 0.4) is 0 Å². The van der Waals surface area contributed by atoms with Crippen LogP contribution in [-0.2, 0) is 13.2 Å². The number of para-hydroxylation sites is 1. The highest BCUT2D eigenvalue weighted by atomic mass is 16.5. The minimum Gasteiger partial charge on any atom is -0.489 e. The Morgan fingerprint density at radius 2 is 0.786 bits per heavy atom. The SMILES string of the molecule is C=Cc1ccc(COc2ccc(N(c3ccccc3)c3ccc(N(c4ccc(OCc5ccc(C=C)cc5)cc4)c4cccc5ccccc45)cc3)cc2)cc1. The molecule has 8 rings (SSSR count). The molecule has 4 heteroatoms. The number of nitrogens with zero attached hydrogens (tertiary/aromatic N) is 2. The first-order valence-corrected chi connectivity index (χ1v) is 18.8. The molecule has 0 bridgehead atoms. The summed E-state index contributed by atoms with van der Waals surface area (Å²) < 4.78 is 12.4. The van der Waals surface area contributed by atoms with Crippen molar-refractivity contribution < 1.29 is 9.47 Å². The number of fused-ring (bicyclic) bond motifs is 1. The van der Waals surface area contributed by atoms with Gasteiger partial charge in [-0.15, -0.1) is 0 Å². The molecule has 8 aromatic rings. The smallest absolute Gasteiger partial charge is 0.119 e. The van der Waals surface area contributed by atoms with Gasteiger partial charge in [0, 0.05) is 33.8 Å². The third kappa shape index (κ3) is 8.10. The van der Waals surface area contributed by atoms with Gasteiger partial charge in [0.05, 0.1) is 5.69 Å². The third-order valence-corrected chi connectivity index (χ3v) is 9.82. The van der Waals surface area contributed by atoms with E-state index in [0.29, 0.717) is 13.2 Å². The number of ether oxygens (including phenoxy) is 2. The maximum absolute atomic E-state index is 6.20. The molecule has 0 atom stereocenters. The maximum atomic E-state index is 6.20. The highest BCUT2D eigenvalue weighted by Crippen LogP contribution is 2.42. The van der Waals surface area contributed by atoms with Crippen LogP contribution in [0.25, 0.3) is 22.9 Å². The molecule has 0 aliphatic rings. The van der Waals surface area contributed by atoms with Gasteiger partial charge >= 0.3 is 0 Å². The number of anilines is 6. The predicted molar refractivity (Wildman–Crippen MR) is 235 cm³/mol. The van der Waals surface area contributed by atoms with Crippen LogP contribution in [-0.4, -0.2) is 0 Å². The fourth-order valence-electron chi connectivity index (χ4n) is 6.82. The molecule has 0 unspecified atom stereocenters. The van der Waals surface area contributed by atoms with E-state index in [2.05, 4.69) is 187 Å². The van der Waals surface area contributed by atoms with Gasteiger partial charge in [-0.25, -0.2) is 0 Å². The number of rotatable bonds is 14. The van der Waals surface area contributed by atoms with Crippen molar-refractivity contribution in [3.8, 4) is 11.5 Å². The fraction of sp³-hybridized carbons (Fsp3) is 0.0385. The first-order chi connectivity index (χ1) is 27.6. The van der Waals surface area contributed by atoms with E-state index in [9.17, 15) is 0 Å². The van der Waals surface area contributed by atoms with Gasteiger partial charge in [0.15, 0.2) is 0 Å². The van der Waals surface area contributed by atoms with Crippen molar-refractivity contribution in [2.75, 3.05) is 9.80 Å². The maximum Gasteiger partial charge on any atom is 0.119 e. The molecule has 0 aliphatic heterocycles. The zero-order valence-corrected chi connectivity index (χ0v) is 31.2. The normalized spacial score (nSPS) is 10.8. The van der Waals surface area contributed by atoms with Gasteiger partial charge in [-0.3, -0.25) is 0 Å². The second-order valence-electron chi connectivity index (χ2n) is 13.5. The van der Waals surface area contributed by atoms with E-state index in [1.165, 1.54) is 10.8 Å². The zero-order valence-electron chi connectivity index (χ0n) is 31.2. The molecular weight excluding hydrogens is 685 g/mol. The summed E-state index contributed by atoms with van der Waals surface area (Å²) in [6.45, 7) is 8.68. The molecule has 8 aromatic carbocycles. The van der Waals surface area contributed by atoms with Crippen molar-refractivity contribution in [3.05, 3.63) is 230 Å². The Kier molecular flexibility index (Phi) is 10.7. The van der Waals surface area contributed by atoms with E-state index in [-0.39, 0.29) is 0 Å². The Labute approximate surface area is 329 Å². The van der Waals surface area contributed by atoms with Crippen molar-refractivity contribution in [3.63, 3.8) is 0 Å². The van der Waals surface area contributed by atoms with Crippen molar-refractivity contribution in [1.82, 2.24) is 0 Å². The number of hydrogen-bond acceptors (Lipinski definition) is 4. The first-order valence-electron chi connectivity index (χ1n) is 18.8. The van der Waals surface area contributed by atoms with Gasteiger partial charge in [0.2, 0.25) is 0 Å². The summed E-state index contributed by atoms with van der Waals surface area (Å²) in [5, 5.41) is 2.35. The lowest BCUT2D eigenvalue weighted by Crippen LogP contribution is -2.12. The summed E-state index contributed by atoms with van der Waals surface area (Å²) in [7, 11) is 0. The summed E-state index contributed by atoms with van der Waals surface area (Å²) in [6, 6.07) is 67.3. The Morgan fingerprint density at radius 1 is 0.375 bits per heavy atom. The van der Waals surface area contributed by atoms with Gasteiger partial charge in [0.1, 0.15) is 24.7 Å². The fourth-order valence-corrected chi connectivity index (χ4v) is 6.82. The van der Waals surface area contributed by atoms with E-state index in [0.717, 1.165) is 67.9 Å². The van der Waals surface area contributed by atoms with Crippen LogP contribution in [0, 0.1) is 0 Å². The van der Waals surface area contributed by atoms with Crippen molar-refractivity contribution in [2.24, 2.45) is 0 Å². The monoisotopic (exact) mass is 726 g/mol. The van der Waals surface area contributed by atoms with E-state index < -0.39 is 0 Å². The summed E-state index contributed by atoms with van der Waals surface area (Å²) in [5.74, 6) is 1.63. The minimum atomic E-state index is 0.490. The molecule has 56 heavy (non-hydrogen) atoms. The van der Waals surface area contributed by atoms with Gasteiger partial charge in [-0.2, -0.15) is 0 Å². The first kappa shape index (κ1) is 35.7. The van der Waals surface area contributed by atoms with Gasteiger partial charge in [-0.05, 0) is 119 Å². The third-order valence-electron chi connectivity index (χ3n) is 9.82. The van der Waals surface area contributed by atoms with E-state index in [4.69, 9.17) is 9.47 Å². The summed E-state index contributed by atoms with van der Waals surface area (Å²) in [5.41, 5.74) is 10.7. The topological polar surface area (TPSA) is 24.9 Å². The van der Waals surface area contributed by atoms with Crippen molar-refractivity contribution in [1.29, 1.82) is 0 Å². The number of hydrogen-bond donors (Lipinski definition) is 0. The second-order valence-corrected chi connectivity index (χ2v) is 13.5. The molecule has 0 saturated heterocycles. The molecule has 0 radical (unpaired) electrons. The van der Waals surface area contributed by atoms with Gasteiger partial charge in [-0.1, -0.05) is 128 Å². The molecule has 0 amide bonds. The lowest BCUT2D eigenvalue weighted by Gasteiger charge is -2.29. The highest BCUT2D eigenvalue weighted by Gasteiger charge is 2.18. The van der Waals surface area contributed by atoms with Crippen LogP contribution in [0.1, 0.15) is 22.3 Å². The van der Waals surface area contributed by atoms with Crippen LogP contribution in [0.15, 0.2) is 207 Å². The molecule has 0 saturated carbocycles. The van der Waals surface area contributed by atoms with Crippen molar-refractivity contribution in [2.45, 2.75) is 13.2 Å². The zero-order chi connectivity index (χ0) is 38.1. The lowest BCUT2D eigenvalue weighted by atomic mass is 10.1. The largest absolute Gasteiger partial charge is 0.489 e. The standard InChI is InChI=1S/C52H42N2O2/c1-3-39-17-21-41(22-18-39)37-55-49-33-29-46(30-34-49)53(44-13-6-5-7-14-44)45-25-27-47(28-26-45)54(52-16-10-12-43-11-8-9-15-51(43)52)48-31-35-50(36-32-48)56-38-42-23-19-40(4-2)20-24-42/h3-36H,1-2,37-38H2. The van der Waals surface area contributed by atoms with Crippen LogP contribution in [0.2, 0.25) is 0 Å². The van der Waals surface area contributed by atoms with Crippen LogP contribution in [0.4, 0.5) is 34.1 Å². The van der Waals surface area contributed by atoms with Crippen LogP contribution < -0.4 is 19.3 Å². The van der Waals surface area contributed by atoms with E-state index >= 15 is 0 Å². The molecule has 0 heterocycles. The van der Waals surface area contributed by atoms with Crippen LogP contribution >= 0.6 is 0 Å². The Bertz CT molecular complexity index is 2520. The quantitative estimate of drug-likeness (QED) is 0.111. The Hall–Kier alpha value is -7.30. The minimum absolute atomic E-state index is 0.490. The average molecular weight is 727 g/mol. The lowest BCUT2D eigenvalue weighted by molar-refractivity contribution is 0.306. The van der Waals surface area contributed by atoms with E-state index in [1.54, 1.807) is 0 Å². The molecule has 0 spiro atoms. The Morgan fingerprint density at radius 3 is 1.29 bits per heavy atom. The van der Waals surface area contributed by atoms with Crippen LogP contribution in [0.5, 0.6) is 11.5 Å². The van der Waals surface area contributed by atoms with Crippen molar-refractivity contribution >= 4 is 57.0 Å². The highest BCUT2D eigenvalue weighted by molar-refractivity contribution is 5.99. The molecule has 272 valence electrons. The molecule has 0 aromatic heterocycles. The Balaban J connectivity index is 1.08. The molecule has 0 fully saturated rings. The average Bonchev–Trinajstić information content (AvgIpc) is 3.27. The summed E-state index contributed by atoms with van der Waals surface area (Å²) in [4.78, 5) is 4.58. The van der Waals surface area contributed by atoms with Gasteiger partial charge in [0.25, 0.3) is 0 Å². The van der Waals surface area contributed by atoms with Gasteiger partial charge < -0.3 is 19.3 Å². The second kappa shape index (κ2) is 16.8. The summed E-state index contributed by atoms with van der Waals surface area (Å²) in [6.07, 6.45) is 3.69. The predicted octanol–water partition coefficient (Wildman–Crippen LogP) is 14.2. The van der Waals surface area contributed by atoms with E-state index in [1.807, 2.05) is 42.5 Å². The molecule has 4 nitrogen and oxygen atoms in total. The summed E-state index contributed by atoms with van der Waals surface area (Å²) >= 11 is 0. The molecule has 0 N–H and O–H groups in total. The molecule has 0 aliphatic carbocycles.